The van der Waals surface area contributed by atoms with Gasteiger partial charge < -0.3 is 1.43 Å². The summed E-state index contributed by atoms with van der Waals surface area (Å²) in [4.78, 5) is 2.90. The number of nitrogens with zero attached hydrogens (tertiary/aromatic N) is 2. The minimum Gasteiger partial charge on any atom is -1.00 e. The summed E-state index contributed by atoms with van der Waals surface area (Å²) in [5.74, 6) is -1.07. The van der Waals surface area contributed by atoms with Crippen LogP contribution >= 0.6 is 0 Å². The third-order valence-electron chi connectivity index (χ3n) is 0.684. The van der Waals surface area contributed by atoms with E-state index in [1.807, 2.05) is 0 Å². The molecule has 0 fully saturated rings. The molecule has 0 aliphatic carbocycles. The smallest absolute Gasteiger partial charge is 1.00 e. The van der Waals surface area contributed by atoms with E-state index < -0.39 is 12.0 Å². The average molecular weight is 161 g/mol. The van der Waals surface area contributed by atoms with Crippen LogP contribution in [-0.2, 0) is 6.18 Å². The molecule has 0 amide bonds. The van der Waals surface area contributed by atoms with Crippen molar-refractivity contribution >= 4 is 0 Å². The predicted molar refractivity (Wildman–Crippen MR) is 22.5 cm³/mol. The summed E-state index contributed by atoms with van der Waals surface area (Å²) in [5.41, 5.74) is 0. The average Bonchev–Trinajstić information content (AvgIpc) is 2.08. The van der Waals surface area contributed by atoms with Crippen LogP contribution in [0, 0.1) is 0 Å². The molecule has 0 atom stereocenters. The maximum Gasteiger partial charge on any atom is 1.00 e. The summed E-state index contributed by atoms with van der Waals surface area (Å²) in [6.45, 7) is 0. The molecule has 0 saturated heterocycles. The number of nitrogens with one attached hydrogen (secondary N) is 1. The Hall–Kier alpha value is -0.0700. The van der Waals surface area contributed by atoms with E-state index in [-0.39, 0.29) is 31.0 Å². The molecule has 0 radical (unpaired) electrons. The van der Waals surface area contributed by atoms with Crippen LogP contribution in [0.3, 0.4) is 0 Å². The number of rotatable bonds is 0. The molecule has 1 rings (SSSR count). The molecule has 1 aromatic rings. The number of H-pyrrole nitrogens is 1. The summed E-state index contributed by atoms with van der Waals surface area (Å²) in [7, 11) is 0. The fraction of sp³-hybridized carbons (Fsp3) is 0.333. The molecule has 10 heavy (non-hydrogen) atoms. The third-order valence-corrected chi connectivity index (χ3v) is 0.684. The molecule has 1 aromatic heterocycles. The Morgan fingerprint density at radius 3 is 2.30 bits per heavy atom. The second-order valence-corrected chi connectivity index (χ2v) is 1.33. The van der Waals surface area contributed by atoms with Crippen molar-refractivity contribution in [2.24, 2.45) is 0 Å². The molecule has 0 saturated carbocycles. The van der Waals surface area contributed by atoms with Gasteiger partial charge in [-0.2, -0.15) is 18.3 Å². The molecule has 0 aliphatic rings. The first-order valence-electron chi connectivity index (χ1n) is 2.03. The standard InChI is InChI=1S/C3H2F3N3.Na.H/c4-3(5,6)2-7-1-8-9-2;;/h1H,(H,7,8,9);;/q;+1;-1. The van der Waals surface area contributed by atoms with Gasteiger partial charge in [0.05, 0.1) is 0 Å². The largest absolute Gasteiger partial charge is 1.00 e. The molecule has 0 aliphatic heterocycles. The fourth-order valence-electron chi connectivity index (χ4n) is 0.342. The van der Waals surface area contributed by atoms with Crippen LogP contribution in [-0.4, -0.2) is 15.2 Å². The Balaban J connectivity index is 0. The molecule has 1 heterocycles. The van der Waals surface area contributed by atoms with Crippen LogP contribution in [0.25, 0.3) is 0 Å². The van der Waals surface area contributed by atoms with Crippen molar-refractivity contribution in [3.8, 4) is 0 Å². The van der Waals surface area contributed by atoms with E-state index in [1.54, 1.807) is 5.10 Å². The van der Waals surface area contributed by atoms with E-state index in [0.717, 1.165) is 6.33 Å². The Morgan fingerprint density at radius 1 is 1.50 bits per heavy atom. The van der Waals surface area contributed by atoms with Crippen molar-refractivity contribution < 1.29 is 44.2 Å². The fourth-order valence-corrected chi connectivity index (χ4v) is 0.342. The number of aromatic amines is 1. The van der Waals surface area contributed by atoms with Gasteiger partial charge in [0.15, 0.2) is 0 Å². The molecule has 3 nitrogen and oxygen atoms in total. The maximum absolute atomic E-state index is 11.5. The van der Waals surface area contributed by atoms with Gasteiger partial charge in [-0.25, -0.2) is 4.98 Å². The molecule has 52 valence electrons. The van der Waals surface area contributed by atoms with Crippen molar-refractivity contribution in [1.29, 1.82) is 0 Å². The first-order chi connectivity index (χ1) is 4.11. The van der Waals surface area contributed by atoms with Gasteiger partial charge in [0.25, 0.3) is 0 Å². The molecule has 0 unspecified atom stereocenters. The zero-order chi connectivity index (χ0) is 6.91. The van der Waals surface area contributed by atoms with Crippen LogP contribution in [0.2, 0.25) is 0 Å². The molecular weight excluding hydrogens is 158 g/mol. The Kier molecular flexibility index (Phi) is 3.34. The Bertz CT molecular complexity index is 186. The summed E-state index contributed by atoms with van der Waals surface area (Å²) < 4.78 is 34.5. The zero-order valence-corrected chi connectivity index (χ0v) is 7.11. The van der Waals surface area contributed by atoms with Gasteiger partial charge >= 0.3 is 35.7 Å². The van der Waals surface area contributed by atoms with Crippen molar-refractivity contribution in [3.63, 3.8) is 0 Å². The van der Waals surface area contributed by atoms with Gasteiger partial charge in [-0.05, 0) is 0 Å². The maximum atomic E-state index is 11.5. The van der Waals surface area contributed by atoms with E-state index >= 15 is 0 Å². The minimum absolute atomic E-state index is 0. The number of halogens is 3. The van der Waals surface area contributed by atoms with Crippen LogP contribution in [0.1, 0.15) is 7.25 Å². The first-order valence-corrected chi connectivity index (χ1v) is 2.03. The van der Waals surface area contributed by atoms with Crippen LogP contribution in [0.4, 0.5) is 13.2 Å². The van der Waals surface area contributed by atoms with Crippen LogP contribution < -0.4 is 29.6 Å². The molecule has 0 bridgehead atoms. The number of hydrogen-bond donors (Lipinski definition) is 1. The van der Waals surface area contributed by atoms with Gasteiger partial charge in [0.2, 0.25) is 5.82 Å². The zero-order valence-electron chi connectivity index (χ0n) is 6.11. The van der Waals surface area contributed by atoms with Gasteiger partial charge in [-0.15, -0.1) is 0 Å². The topological polar surface area (TPSA) is 41.6 Å². The van der Waals surface area contributed by atoms with Crippen molar-refractivity contribution in [2.45, 2.75) is 6.18 Å². The third kappa shape index (κ3) is 2.28. The molecule has 0 spiro atoms. The van der Waals surface area contributed by atoms with E-state index in [9.17, 15) is 13.2 Å². The Labute approximate surface area is 77.8 Å². The molecule has 7 heteroatoms. The monoisotopic (exact) mass is 161 g/mol. The molecular formula is C3H3F3N3Na. The van der Waals surface area contributed by atoms with Crippen molar-refractivity contribution in [1.82, 2.24) is 15.2 Å². The Morgan fingerprint density at radius 2 is 2.10 bits per heavy atom. The van der Waals surface area contributed by atoms with E-state index in [0.29, 0.717) is 0 Å². The first kappa shape index (κ1) is 9.93. The van der Waals surface area contributed by atoms with Crippen LogP contribution in [0.5, 0.6) is 0 Å². The van der Waals surface area contributed by atoms with E-state index in [4.69, 9.17) is 0 Å². The second-order valence-electron chi connectivity index (χ2n) is 1.33. The molecule has 1 N–H and O–H groups in total. The number of aromatic nitrogens is 3. The minimum atomic E-state index is -4.41. The van der Waals surface area contributed by atoms with Gasteiger partial charge in [0, 0.05) is 0 Å². The number of alkyl halides is 3. The van der Waals surface area contributed by atoms with E-state index in [1.165, 1.54) is 0 Å². The number of hydrogen-bond acceptors (Lipinski definition) is 2. The normalized spacial score (nSPS) is 10.7. The van der Waals surface area contributed by atoms with Gasteiger partial charge in [-0.3, -0.25) is 5.10 Å². The predicted octanol–water partition coefficient (Wildman–Crippen LogP) is -2.06. The van der Waals surface area contributed by atoms with Gasteiger partial charge in [0.1, 0.15) is 6.33 Å². The summed E-state index contributed by atoms with van der Waals surface area (Å²) >= 11 is 0. The SMILES string of the molecule is FC(F)(F)c1ncn[nH]1.[H-].[Na+]. The second kappa shape index (κ2) is 3.36. The summed E-state index contributed by atoms with van der Waals surface area (Å²) in [6, 6.07) is 0. The molecule has 0 aromatic carbocycles. The van der Waals surface area contributed by atoms with Crippen molar-refractivity contribution in [3.05, 3.63) is 12.2 Å². The summed E-state index contributed by atoms with van der Waals surface area (Å²) in [6.07, 6.45) is -3.60. The quantitative estimate of drug-likeness (QED) is 0.444. The van der Waals surface area contributed by atoms with Crippen LogP contribution in [0.15, 0.2) is 6.33 Å². The summed E-state index contributed by atoms with van der Waals surface area (Å²) in [5, 5.41) is 4.72. The van der Waals surface area contributed by atoms with Gasteiger partial charge in [-0.1, -0.05) is 0 Å². The van der Waals surface area contributed by atoms with E-state index in [2.05, 4.69) is 10.1 Å². The van der Waals surface area contributed by atoms with Crippen molar-refractivity contribution in [2.75, 3.05) is 0 Å².